The minimum absolute atomic E-state index is 0.716. The summed E-state index contributed by atoms with van der Waals surface area (Å²) in [4.78, 5) is 6.84. The van der Waals surface area contributed by atoms with Gasteiger partial charge in [-0.15, -0.1) is 0 Å². The molecule has 4 heteroatoms. The molecule has 0 bridgehead atoms. The maximum atomic E-state index is 6.04. The van der Waals surface area contributed by atoms with Crippen LogP contribution in [0.2, 0.25) is 0 Å². The van der Waals surface area contributed by atoms with Gasteiger partial charge in [-0.05, 0) is 38.0 Å². The highest BCUT2D eigenvalue weighted by atomic mass is 15.1. The Bertz CT molecular complexity index is 588. The van der Waals surface area contributed by atoms with Crippen LogP contribution in [0, 0.1) is 0 Å². The number of benzene rings is 1. The van der Waals surface area contributed by atoms with Gasteiger partial charge in [-0.1, -0.05) is 0 Å². The second-order valence-electron chi connectivity index (χ2n) is 5.01. The molecule has 0 spiro atoms. The average molecular weight is 256 g/mol. The molecule has 0 amide bonds. The molecule has 1 saturated heterocycles. The first-order valence-corrected chi connectivity index (χ1v) is 6.96. The average Bonchev–Trinajstić information content (AvgIpc) is 2.96. The molecule has 2 heterocycles. The van der Waals surface area contributed by atoms with Crippen LogP contribution in [0.5, 0.6) is 0 Å². The molecule has 2 aromatic rings. The summed E-state index contributed by atoms with van der Waals surface area (Å²) >= 11 is 0. The molecule has 0 saturated carbocycles. The third kappa shape index (κ3) is 2.18. The minimum atomic E-state index is 0.716. The van der Waals surface area contributed by atoms with Gasteiger partial charge in [-0.2, -0.15) is 0 Å². The second kappa shape index (κ2) is 4.96. The number of fused-ring (bicyclic) bond motifs is 1. The number of aromatic nitrogens is 1. The van der Waals surface area contributed by atoms with Gasteiger partial charge in [0.25, 0.3) is 0 Å². The number of anilines is 3. The first kappa shape index (κ1) is 12.1. The molecular formula is C15H20N4. The second-order valence-corrected chi connectivity index (χ2v) is 5.01. The van der Waals surface area contributed by atoms with E-state index in [1.807, 2.05) is 0 Å². The monoisotopic (exact) mass is 256 g/mol. The summed E-state index contributed by atoms with van der Waals surface area (Å²) in [5, 5.41) is 4.47. The molecule has 1 aliphatic rings. The first-order chi connectivity index (χ1) is 9.29. The zero-order valence-corrected chi connectivity index (χ0v) is 11.3. The van der Waals surface area contributed by atoms with E-state index in [0.717, 1.165) is 36.2 Å². The summed E-state index contributed by atoms with van der Waals surface area (Å²) in [6.45, 7) is 5.24. The number of nitrogen functional groups attached to an aromatic ring is 1. The van der Waals surface area contributed by atoms with E-state index in [4.69, 9.17) is 5.73 Å². The summed E-state index contributed by atoms with van der Waals surface area (Å²) < 4.78 is 0. The van der Waals surface area contributed by atoms with Crippen LogP contribution >= 0.6 is 0 Å². The minimum Gasteiger partial charge on any atom is -0.396 e. The molecule has 4 nitrogen and oxygen atoms in total. The van der Waals surface area contributed by atoms with Gasteiger partial charge in [0.2, 0.25) is 0 Å². The summed E-state index contributed by atoms with van der Waals surface area (Å²) in [7, 11) is 0. The SMILES string of the molecule is CCNc1c(N)cnc2ccc(N3CCCC3)cc12. The van der Waals surface area contributed by atoms with E-state index in [-0.39, 0.29) is 0 Å². The highest BCUT2D eigenvalue weighted by Gasteiger charge is 2.14. The molecule has 19 heavy (non-hydrogen) atoms. The number of nitrogens with one attached hydrogen (secondary N) is 1. The third-order valence-corrected chi connectivity index (χ3v) is 3.71. The van der Waals surface area contributed by atoms with Crippen LogP contribution in [0.3, 0.4) is 0 Å². The van der Waals surface area contributed by atoms with E-state index in [2.05, 4.69) is 40.3 Å². The third-order valence-electron chi connectivity index (χ3n) is 3.71. The van der Waals surface area contributed by atoms with Crippen LogP contribution in [0.4, 0.5) is 17.1 Å². The Morgan fingerprint density at radius 2 is 2.11 bits per heavy atom. The van der Waals surface area contributed by atoms with E-state index in [1.165, 1.54) is 18.5 Å². The lowest BCUT2D eigenvalue weighted by Gasteiger charge is -2.19. The maximum absolute atomic E-state index is 6.04. The standard InChI is InChI=1S/C15H20N4/c1-2-17-15-12-9-11(19-7-3-4-8-19)5-6-14(12)18-10-13(15)16/h5-6,9-10H,2-4,7-8,16H2,1H3,(H,17,18). The van der Waals surface area contributed by atoms with Crippen LogP contribution in [0.25, 0.3) is 10.9 Å². The zero-order chi connectivity index (χ0) is 13.2. The van der Waals surface area contributed by atoms with E-state index >= 15 is 0 Å². The molecule has 0 unspecified atom stereocenters. The number of nitrogens with zero attached hydrogens (tertiary/aromatic N) is 2. The molecule has 0 atom stereocenters. The number of hydrogen-bond acceptors (Lipinski definition) is 4. The predicted octanol–water partition coefficient (Wildman–Crippen LogP) is 2.85. The van der Waals surface area contributed by atoms with Crippen LogP contribution < -0.4 is 16.0 Å². The van der Waals surface area contributed by atoms with Crippen molar-refractivity contribution in [1.82, 2.24) is 4.98 Å². The summed E-state index contributed by atoms with van der Waals surface area (Å²) in [5.74, 6) is 0. The zero-order valence-electron chi connectivity index (χ0n) is 11.3. The molecule has 3 N–H and O–H groups in total. The normalized spacial score (nSPS) is 15.1. The van der Waals surface area contributed by atoms with Crippen LogP contribution in [-0.2, 0) is 0 Å². The lowest BCUT2D eigenvalue weighted by atomic mass is 10.1. The van der Waals surface area contributed by atoms with Crippen molar-refractivity contribution in [2.24, 2.45) is 0 Å². The Labute approximate surface area is 113 Å². The van der Waals surface area contributed by atoms with Gasteiger partial charge in [0.1, 0.15) is 0 Å². The number of hydrogen-bond donors (Lipinski definition) is 2. The number of rotatable bonds is 3. The fourth-order valence-corrected chi connectivity index (χ4v) is 2.74. The van der Waals surface area contributed by atoms with E-state index in [0.29, 0.717) is 5.69 Å². The Morgan fingerprint density at radius 3 is 2.84 bits per heavy atom. The van der Waals surface area contributed by atoms with Gasteiger partial charge < -0.3 is 16.0 Å². The smallest absolute Gasteiger partial charge is 0.0743 e. The van der Waals surface area contributed by atoms with Crippen LogP contribution in [0.1, 0.15) is 19.8 Å². The molecule has 1 aromatic heterocycles. The van der Waals surface area contributed by atoms with Crippen LogP contribution in [0.15, 0.2) is 24.4 Å². The Morgan fingerprint density at radius 1 is 1.32 bits per heavy atom. The summed E-state index contributed by atoms with van der Waals surface area (Å²) in [6.07, 6.45) is 4.30. The molecule has 3 rings (SSSR count). The van der Waals surface area contributed by atoms with Crippen molar-refractivity contribution < 1.29 is 0 Å². The van der Waals surface area contributed by atoms with Crippen molar-refractivity contribution in [3.8, 4) is 0 Å². The van der Waals surface area contributed by atoms with Gasteiger partial charge in [-0.3, -0.25) is 4.98 Å². The molecule has 1 aromatic carbocycles. The van der Waals surface area contributed by atoms with Gasteiger partial charge in [0, 0.05) is 30.7 Å². The van der Waals surface area contributed by atoms with Crippen molar-refractivity contribution in [3.63, 3.8) is 0 Å². The quantitative estimate of drug-likeness (QED) is 0.886. The van der Waals surface area contributed by atoms with Gasteiger partial charge in [-0.25, -0.2) is 0 Å². The molecular weight excluding hydrogens is 236 g/mol. The van der Waals surface area contributed by atoms with Gasteiger partial charge in [0.15, 0.2) is 0 Å². The van der Waals surface area contributed by atoms with Crippen molar-refractivity contribution >= 4 is 28.0 Å². The molecule has 100 valence electrons. The Kier molecular flexibility index (Phi) is 3.15. The van der Waals surface area contributed by atoms with Crippen molar-refractivity contribution in [2.75, 3.05) is 35.6 Å². The van der Waals surface area contributed by atoms with E-state index in [9.17, 15) is 0 Å². The fraction of sp³-hybridized carbons (Fsp3) is 0.400. The molecule has 0 radical (unpaired) electrons. The van der Waals surface area contributed by atoms with E-state index < -0.39 is 0 Å². The summed E-state index contributed by atoms with van der Waals surface area (Å²) in [6, 6.07) is 6.46. The van der Waals surface area contributed by atoms with Crippen molar-refractivity contribution in [1.29, 1.82) is 0 Å². The lowest BCUT2D eigenvalue weighted by Crippen LogP contribution is -2.17. The highest BCUT2D eigenvalue weighted by molar-refractivity contribution is 5.98. The first-order valence-electron chi connectivity index (χ1n) is 6.96. The molecule has 1 aliphatic heterocycles. The molecule has 1 fully saturated rings. The number of pyridine rings is 1. The van der Waals surface area contributed by atoms with Gasteiger partial charge in [0.05, 0.1) is 23.1 Å². The van der Waals surface area contributed by atoms with Crippen LogP contribution in [-0.4, -0.2) is 24.6 Å². The largest absolute Gasteiger partial charge is 0.396 e. The van der Waals surface area contributed by atoms with Crippen molar-refractivity contribution in [3.05, 3.63) is 24.4 Å². The summed E-state index contributed by atoms with van der Waals surface area (Å²) in [5.41, 5.74) is 10.0. The topological polar surface area (TPSA) is 54.2 Å². The lowest BCUT2D eigenvalue weighted by molar-refractivity contribution is 0.949. The maximum Gasteiger partial charge on any atom is 0.0743 e. The molecule has 0 aliphatic carbocycles. The predicted molar refractivity (Wildman–Crippen MR) is 81.8 cm³/mol. The Balaban J connectivity index is 2.11. The fourth-order valence-electron chi connectivity index (χ4n) is 2.74. The van der Waals surface area contributed by atoms with E-state index in [1.54, 1.807) is 6.20 Å². The highest BCUT2D eigenvalue weighted by Crippen LogP contribution is 2.31. The number of nitrogens with two attached hydrogens (primary N) is 1. The Hall–Kier alpha value is -1.97. The van der Waals surface area contributed by atoms with Crippen molar-refractivity contribution in [2.45, 2.75) is 19.8 Å². The van der Waals surface area contributed by atoms with Gasteiger partial charge >= 0.3 is 0 Å².